The predicted molar refractivity (Wildman–Crippen MR) is 78.9 cm³/mol. The van der Waals surface area contributed by atoms with Crippen LogP contribution >= 0.6 is 0 Å². The summed E-state index contributed by atoms with van der Waals surface area (Å²) in [6, 6.07) is 3.91. The van der Waals surface area contributed by atoms with Crippen molar-refractivity contribution >= 4 is 5.91 Å². The second-order valence-electron chi connectivity index (χ2n) is 5.51. The van der Waals surface area contributed by atoms with Gasteiger partial charge in [-0.1, -0.05) is 0 Å². The molecular weight excluding hydrogens is 266 g/mol. The van der Waals surface area contributed by atoms with Crippen LogP contribution < -0.4 is 0 Å². The van der Waals surface area contributed by atoms with E-state index in [1.165, 1.54) is 0 Å². The molecule has 0 unspecified atom stereocenters. The molecule has 3 rings (SSSR count). The van der Waals surface area contributed by atoms with E-state index in [-0.39, 0.29) is 11.9 Å². The first-order valence-corrected chi connectivity index (χ1v) is 7.55. The zero-order valence-corrected chi connectivity index (χ0v) is 12.5. The van der Waals surface area contributed by atoms with Crippen molar-refractivity contribution in [2.75, 3.05) is 6.54 Å². The van der Waals surface area contributed by atoms with Gasteiger partial charge in [-0.15, -0.1) is 0 Å². The lowest BCUT2D eigenvalue weighted by atomic mass is 9.99. The van der Waals surface area contributed by atoms with E-state index in [2.05, 4.69) is 15.3 Å². The van der Waals surface area contributed by atoms with Gasteiger partial charge in [0.2, 0.25) is 0 Å². The summed E-state index contributed by atoms with van der Waals surface area (Å²) in [7, 11) is 0. The molecule has 2 aromatic rings. The lowest BCUT2D eigenvalue weighted by molar-refractivity contribution is 0.0599. The van der Waals surface area contributed by atoms with Gasteiger partial charge in [0.1, 0.15) is 0 Å². The molecule has 0 radical (unpaired) electrons. The Bertz CT molecular complexity index is 616. The van der Waals surface area contributed by atoms with Crippen molar-refractivity contribution in [3.05, 3.63) is 35.4 Å². The van der Waals surface area contributed by atoms with E-state index < -0.39 is 0 Å². The lowest BCUT2D eigenvalue weighted by Crippen LogP contribution is -2.39. The minimum absolute atomic E-state index is 0.0181. The van der Waals surface area contributed by atoms with Gasteiger partial charge in [-0.2, -0.15) is 10.2 Å². The van der Waals surface area contributed by atoms with Crippen molar-refractivity contribution in [3.63, 3.8) is 0 Å². The van der Waals surface area contributed by atoms with E-state index in [0.717, 1.165) is 43.7 Å². The molecule has 112 valence electrons. The molecule has 0 aliphatic carbocycles. The number of carbonyl (C=O) groups is 1. The molecule has 0 saturated carbocycles. The van der Waals surface area contributed by atoms with E-state index in [9.17, 15) is 4.79 Å². The summed E-state index contributed by atoms with van der Waals surface area (Å²) in [5, 5.41) is 11.4. The quantitative estimate of drug-likeness (QED) is 0.942. The smallest absolute Gasteiger partial charge is 0.274 e. The molecule has 1 N–H and O–H groups in total. The molecule has 6 heteroatoms. The maximum Gasteiger partial charge on any atom is 0.274 e. The summed E-state index contributed by atoms with van der Waals surface area (Å²) >= 11 is 0. The van der Waals surface area contributed by atoms with Crippen molar-refractivity contribution in [1.29, 1.82) is 0 Å². The highest BCUT2D eigenvalue weighted by molar-refractivity contribution is 5.92. The zero-order chi connectivity index (χ0) is 14.8. The number of nitrogens with one attached hydrogen (secondary N) is 1. The van der Waals surface area contributed by atoms with Crippen LogP contribution in [0.4, 0.5) is 0 Å². The predicted octanol–water partition coefficient (Wildman–Crippen LogP) is 2.30. The highest BCUT2D eigenvalue weighted by atomic mass is 16.2. The van der Waals surface area contributed by atoms with Crippen molar-refractivity contribution in [1.82, 2.24) is 24.9 Å². The van der Waals surface area contributed by atoms with Crippen LogP contribution in [0.5, 0.6) is 0 Å². The first-order chi connectivity index (χ1) is 10.2. The molecular formula is C15H21N5O. The summed E-state index contributed by atoms with van der Waals surface area (Å²) in [5.74, 6) is 0.0181. The third-order valence-corrected chi connectivity index (χ3v) is 4.14. The van der Waals surface area contributed by atoms with Crippen molar-refractivity contribution in [2.45, 2.75) is 45.7 Å². The number of hydrogen-bond acceptors (Lipinski definition) is 3. The van der Waals surface area contributed by atoms with Gasteiger partial charge < -0.3 is 4.90 Å². The van der Waals surface area contributed by atoms with E-state index >= 15 is 0 Å². The molecule has 1 atom stereocenters. The van der Waals surface area contributed by atoms with E-state index in [1.54, 1.807) is 6.20 Å². The third kappa shape index (κ3) is 2.57. The Kier molecular flexibility index (Phi) is 3.77. The molecule has 0 bridgehead atoms. The standard InChI is InChI=1S/C15H21N5O/c1-3-20-11(2)10-13(18-20)15(21)19-9-5-4-6-14(19)12-7-8-16-17-12/h7-8,10,14H,3-6,9H2,1-2H3,(H,16,17)/t14-/m1/s1. The van der Waals surface area contributed by atoms with Gasteiger partial charge >= 0.3 is 0 Å². The number of likely N-dealkylation sites (tertiary alicyclic amines) is 1. The molecule has 3 heterocycles. The van der Waals surface area contributed by atoms with Gasteiger partial charge in [0, 0.05) is 25.0 Å². The average molecular weight is 287 g/mol. The molecule has 0 aromatic carbocycles. The number of aryl methyl sites for hydroxylation is 2. The lowest BCUT2D eigenvalue weighted by Gasteiger charge is -2.34. The molecule has 1 fully saturated rings. The molecule has 6 nitrogen and oxygen atoms in total. The maximum atomic E-state index is 12.8. The van der Waals surface area contributed by atoms with Gasteiger partial charge in [-0.05, 0) is 45.2 Å². The summed E-state index contributed by atoms with van der Waals surface area (Å²) in [5.41, 5.74) is 2.58. The van der Waals surface area contributed by atoms with Crippen LogP contribution in [0, 0.1) is 6.92 Å². The van der Waals surface area contributed by atoms with Crippen LogP contribution in [0.3, 0.4) is 0 Å². The minimum atomic E-state index is 0.0181. The monoisotopic (exact) mass is 287 g/mol. The molecule has 0 spiro atoms. The fourth-order valence-electron chi connectivity index (χ4n) is 3.03. The molecule has 1 saturated heterocycles. The van der Waals surface area contributed by atoms with Crippen LogP contribution in [0.25, 0.3) is 0 Å². The molecule has 1 aliphatic rings. The first kappa shape index (κ1) is 13.9. The number of rotatable bonds is 3. The van der Waals surface area contributed by atoms with E-state index in [0.29, 0.717) is 5.69 Å². The van der Waals surface area contributed by atoms with Crippen LogP contribution in [0.2, 0.25) is 0 Å². The fourth-order valence-corrected chi connectivity index (χ4v) is 3.03. The number of aromatic amines is 1. The number of H-pyrrole nitrogens is 1. The van der Waals surface area contributed by atoms with Gasteiger partial charge in [0.15, 0.2) is 5.69 Å². The number of hydrogen-bond donors (Lipinski definition) is 1. The largest absolute Gasteiger partial charge is 0.329 e. The number of amides is 1. The highest BCUT2D eigenvalue weighted by Gasteiger charge is 2.30. The Hall–Kier alpha value is -2.11. The SMILES string of the molecule is CCn1nc(C(=O)N2CCCC[C@@H]2c2ccn[nH]2)cc1C. The fraction of sp³-hybridized carbons (Fsp3) is 0.533. The van der Waals surface area contributed by atoms with Crippen molar-refractivity contribution in [3.8, 4) is 0 Å². The number of nitrogens with zero attached hydrogens (tertiary/aromatic N) is 4. The van der Waals surface area contributed by atoms with Gasteiger partial charge in [0.25, 0.3) is 5.91 Å². The minimum Gasteiger partial charge on any atom is -0.329 e. The maximum absolute atomic E-state index is 12.8. The van der Waals surface area contributed by atoms with Crippen LogP contribution in [-0.4, -0.2) is 37.3 Å². The highest BCUT2D eigenvalue weighted by Crippen LogP contribution is 2.30. The zero-order valence-electron chi connectivity index (χ0n) is 12.5. The molecule has 21 heavy (non-hydrogen) atoms. The van der Waals surface area contributed by atoms with Crippen LogP contribution in [-0.2, 0) is 6.54 Å². The summed E-state index contributed by atoms with van der Waals surface area (Å²) < 4.78 is 1.86. The number of carbonyl (C=O) groups excluding carboxylic acids is 1. The summed E-state index contributed by atoms with van der Waals surface area (Å²) in [6.45, 7) is 5.57. The van der Waals surface area contributed by atoms with E-state index in [4.69, 9.17) is 0 Å². The van der Waals surface area contributed by atoms with E-state index in [1.807, 2.05) is 35.6 Å². The third-order valence-electron chi connectivity index (χ3n) is 4.14. The van der Waals surface area contributed by atoms with Crippen molar-refractivity contribution in [2.24, 2.45) is 0 Å². The summed E-state index contributed by atoms with van der Waals surface area (Å²) in [4.78, 5) is 14.7. The topological polar surface area (TPSA) is 66.8 Å². The molecule has 1 amide bonds. The molecule has 1 aliphatic heterocycles. The second-order valence-corrected chi connectivity index (χ2v) is 5.51. The number of aromatic nitrogens is 4. The average Bonchev–Trinajstić information content (AvgIpc) is 3.15. The molecule has 2 aromatic heterocycles. The Morgan fingerprint density at radius 1 is 1.48 bits per heavy atom. The van der Waals surface area contributed by atoms with Crippen LogP contribution in [0.1, 0.15) is 54.1 Å². The second kappa shape index (κ2) is 5.71. The van der Waals surface area contributed by atoms with Gasteiger partial charge in [-0.25, -0.2) is 0 Å². The van der Waals surface area contributed by atoms with Gasteiger partial charge in [0.05, 0.1) is 11.7 Å². The number of piperidine rings is 1. The van der Waals surface area contributed by atoms with Gasteiger partial charge in [-0.3, -0.25) is 14.6 Å². The Morgan fingerprint density at radius 3 is 3.00 bits per heavy atom. The first-order valence-electron chi connectivity index (χ1n) is 7.55. The normalized spacial score (nSPS) is 19.0. The summed E-state index contributed by atoms with van der Waals surface area (Å²) in [6.07, 6.45) is 4.89. The Labute approximate surface area is 124 Å². The Balaban J connectivity index is 1.87. The van der Waals surface area contributed by atoms with Crippen molar-refractivity contribution < 1.29 is 4.79 Å². The van der Waals surface area contributed by atoms with Crippen LogP contribution in [0.15, 0.2) is 18.3 Å². The Morgan fingerprint density at radius 2 is 2.33 bits per heavy atom.